The maximum atomic E-state index is 10.9. The quantitative estimate of drug-likeness (QED) is 0.525. The predicted molar refractivity (Wildman–Crippen MR) is 94.4 cm³/mol. The van der Waals surface area contributed by atoms with Crippen molar-refractivity contribution in [1.82, 2.24) is 0 Å². The molecule has 6 nitrogen and oxygen atoms in total. The standard InChI is InChI=1S/C16H23NO5.C2H6/c1-11(2)17-14-7-6-13(10-22-12(3)18)9-15(14)21-8-4-5-16(19)20;1-2/h6-7,9,11,17H,4-5,8,10H2,1-3H3,(H,19,20);1-2H3. The maximum Gasteiger partial charge on any atom is 0.303 e. The molecule has 0 amide bonds. The number of nitrogens with one attached hydrogen (secondary N) is 1. The van der Waals surface area contributed by atoms with Gasteiger partial charge in [-0.2, -0.15) is 0 Å². The Kier molecular flexibility index (Phi) is 11.1. The Morgan fingerprint density at radius 1 is 1.25 bits per heavy atom. The second-order valence-electron chi connectivity index (χ2n) is 5.26. The van der Waals surface area contributed by atoms with Crippen LogP contribution in [0.5, 0.6) is 5.75 Å². The van der Waals surface area contributed by atoms with Gasteiger partial charge in [0.05, 0.1) is 12.3 Å². The van der Waals surface area contributed by atoms with Crippen LogP contribution < -0.4 is 10.1 Å². The molecule has 1 rings (SSSR count). The third-order valence-corrected chi connectivity index (χ3v) is 2.72. The van der Waals surface area contributed by atoms with Crippen LogP contribution in [0.3, 0.4) is 0 Å². The van der Waals surface area contributed by atoms with Crippen LogP contribution in [0.25, 0.3) is 0 Å². The van der Waals surface area contributed by atoms with E-state index in [9.17, 15) is 9.59 Å². The minimum Gasteiger partial charge on any atom is -0.491 e. The molecule has 0 saturated heterocycles. The summed E-state index contributed by atoms with van der Waals surface area (Å²) in [6.07, 6.45) is 0.505. The van der Waals surface area contributed by atoms with Crippen molar-refractivity contribution in [2.24, 2.45) is 0 Å². The Morgan fingerprint density at radius 2 is 1.92 bits per heavy atom. The molecule has 1 aromatic carbocycles. The SMILES string of the molecule is CC.CC(=O)OCc1ccc(NC(C)C)c(OCCCC(=O)O)c1. The van der Waals surface area contributed by atoms with Gasteiger partial charge in [0.15, 0.2) is 0 Å². The van der Waals surface area contributed by atoms with Crippen LogP contribution in [0.15, 0.2) is 18.2 Å². The number of rotatable bonds is 9. The molecule has 136 valence electrons. The highest BCUT2D eigenvalue weighted by molar-refractivity contribution is 5.66. The zero-order valence-electron chi connectivity index (χ0n) is 15.2. The lowest BCUT2D eigenvalue weighted by Crippen LogP contribution is -2.12. The van der Waals surface area contributed by atoms with Crippen LogP contribution in [-0.4, -0.2) is 29.7 Å². The molecule has 0 fully saturated rings. The number of ether oxygens (including phenoxy) is 2. The van der Waals surface area contributed by atoms with E-state index in [4.69, 9.17) is 14.6 Å². The summed E-state index contributed by atoms with van der Waals surface area (Å²) in [7, 11) is 0. The smallest absolute Gasteiger partial charge is 0.303 e. The minimum atomic E-state index is -0.840. The zero-order chi connectivity index (χ0) is 18.5. The number of anilines is 1. The molecule has 24 heavy (non-hydrogen) atoms. The van der Waals surface area contributed by atoms with Gasteiger partial charge in [-0.15, -0.1) is 0 Å². The first kappa shape index (κ1) is 21.8. The van der Waals surface area contributed by atoms with E-state index < -0.39 is 5.97 Å². The molecule has 0 unspecified atom stereocenters. The molecule has 0 spiro atoms. The summed E-state index contributed by atoms with van der Waals surface area (Å²) in [4.78, 5) is 21.4. The number of hydrogen-bond donors (Lipinski definition) is 2. The zero-order valence-corrected chi connectivity index (χ0v) is 15.2. The topological polar surface area (TPSA) is 84.9 Å². The van der Waals surface area contributed by atoms with E-state index in [0.29, 0.717) is 18.8 Å². The van der Waals surface area contributed by atoms with Crippen LogP contribution in [0.2, 0.25) is 0 Å². The van der Waals surface area contributed by atoms with Gasteiger partial charge in [-0.3, -0.25) is 9.59 Å². The average Bonchev–Trinajstić information content (AvgIpc) is 2.52. The lowest BCUT2D eigenvalue weighted by Gasteiger charge is -2.16. The number of aliphatic carboxylic acids is 1. The van der Waals surface area contributed by atoms with Crippen molar-refractivity contribution in [2.45, 2.75) is 60.1 Å². The number of esters is 1. The molecule has 0 radical (unpaired) electrons. The Labute approximate surface area is 144 Å². The van der Waals surface area contributed by atoms with Crippen molar-refractivity contribution in [1.29, 1.82) is 0 Å². The molecule has 0 saturated carbocycles. The molecule has 1 aromatic rings. The minimum absolute atomic E-state index is 0.0695. The molecule has 0 atom stereocenters. The highest BCUT2D eigenvalue weighted by Crippen LogP contribution is 2.27. The first-order chi connectivity index (χ1) is 11.4. The van der Waals surface area contributed by atoms with Gasteiger partial charge in [0.25, 0.3) is 0 Å². The summed E-state index contributed by atoms with van der Waals surface area (Å²) in [5, 5.41) is 11.9. The summed E-state index contributed by atoms with van der Waals surface area (Å²) in [5.74, 6) is -0.551. The molecule has 0 aliphatic rings. The van der Waals surface area contributed by atoms with E-state index in [0.717, 1.165) is 11.3 Å². The lowest BCUT2D eigenvalue weighted by molar-refractivity contribution is -0.142. The van der Waals surface area contributed by atoms with Gasteiger partial charge in [0, 0.05) is 19.4 Å². The summed E-state index contributed by atoms with van der Waals surface area (Å²) < 4.78 is 10.6. The van der Waals surface area contributed by atoms with Gasteiger partial charge < -0.3 is 19.9 Å². The van der Waals surface area contributed by atoms with E-state index in [2.05, 4.69) is 5.32 Å². The monoisotopic (exact) mass is 339 g/mol. The van der Waals surface area contributed by atoms with E-state index in [1.165, 1.54) is 6.92 Å². The lowest BCUT2D eigenvalue weighted by atomic mass is 10.2. The van der Waals surface area contributed by atoms with E-state index in [1.807, 2.05) is 39.8 Å². The summed E-state index contributed by atoms with van der Waals surface area (Å²) in [6.45, 7) is 9.89. The third kappa shape index (κ3) is 9.71. The number of carboxylic acid groups (broad SMARTS) is 1. The Hall–Kier alpha value is -2.24. The van der Waals surface area contributed by atoms with E-state index >= 15 is 0 Å². The van der Waals surface area contributed by atoms with Crippen molar-refractivity contribution in [3.05, 3.63) is 23.8 Å². The molecule has 2 N–H and O–H groups in total. The van der Waals surface area contributed by atoms with Gasteiger partial charge in [-0.05, 0) is 38.0 Å². The fourth-order valence-corrected chi connectivity index (χ4v) is 1.80. The first-order valence-electron chi connectivity index (χ1n) is 8.26. The van der Waals surface area contributed by atoms with Gasteiger partial charge >= 0.3 is 11.9 Å². The van der Waals surface area contributed by atoms with Crippen LogP contribution in [-0.2, 0) is 20.9 Å². The Morgan fingerprint density at radius 3 is 2.46 bits per heavy atom. The van der Waals surface area contributed by atoms with Crippen molar-refractivity contribution in [3.8, 4) is 5.75 Å². The molecular weight excluding hydrogens is 310 g/mol. The van der Waals surface area contributed by atoms with Gasteiger partial charge in [0.1, 0.15) is 12.4 Å². The summed E-state index contributed by atoms with van der Waals surface area (Å²) >= 11 is 0. The predicted octanol–water partition coefficient (Wildman–Crippen LogP) is 3.84. The van der Waals surface area contributed by atoms with Crippen molar-refractivity contribution < 1.29 is 24.2 Å². The second kappa shape index (κ2) is 12.2. The molecule has 0 bridgehead atoms. The van der Waals surface area contributed by atoms with E-state index in [-0.39, 0.29) is 25.0 Å². The molecular formula is C18H29NO5. The largest absolute Gasteiger partial charge is 0.491 e. The van der Waals surface area contributed by atoms with Gasteiger partial charge in [0.2, 0.25) is 0 Å². The van der Waals surface area contributed by atoms with Crippen LogP contribution >= 0.6 is 0 Å². The third-order valence-electron chi connectivity index (χ3n) is 2.72. The normalized spacial score (nSPS) is 9.75. The van der Waals surface area contributed by atoms with Crippen LogP contribution in [0.1, 0.15) is 53.0 Å². The number of hydrogen-bond acceptors (Lipinski definition) is 5. The number of benzene rings is 1. The summed E-state index contributed by atoms with van der Waals surface area (Å²) in [5.41, 5.74) is 1.65. The molecule has 0 aromatic heterocycles. The van der Waals surface area contributed by atoms with Gasteiger partial charge in [-0.25, -0.2) is 0 Å². The van der Waals surface area contributed by atoms with Gasteiger partial charge in [-0.1, -0.05) is 19.9 Å². The van der Waals surface area contributed by atoms with Crippen molar-refractivity contribution >= 4 is 17.6 Å². The number of carbonyl (C=O) groups excluding carboxylic acids is 1. The molecule has 0 aliphatic heterocycles. The highest BCUT2D eigenvalue weighted by Gasteiger charge is 2.08. The van der Waals surface area contributed by atoms with Crippen molar-refractivity contribution in [3.63, 3.8) is 0 Å². The van der Waals surface area contributed by atoms with Crippen molar-refractivity contribution in [2.75, 3.05) is 11.9 Å². The first-order valence-corrected chi connectivity index (χ1v) is 8.26. The fraction of sp³-hybridized carbons (Fsp3) is 0.556. The fourth-order valence-electron chi connectivity index (χ4n) is 1.80. The van der Waals surface area contributed by atoms with E-state index in [1.54, 1.807) is 6.07 Å². The Bertz CT molecular complexity index is 514. The molecule has 0 heterocycles. The molecule has 0 aliphatic carbocycles. The highest BCUT2D eigenvalue weighted by atomic mass is 16.5. The van der Waals surface area contributed by atoms with Crippen LogP contribution in [0, 0.1) is 0 Å². The molecule has 6 heteroatoms. The average molecular weight is 339 g/mol. The number of carbonyl (C=O) groups is 2. The number of carboxylic acids is 1. The Balaban J connectivity index is 0.00000254. The summed E-state index contributed by atoms with van der Waals surface area (Å²) in [6, 6.07) is 5.76. The second-order valence-corrected chi connectivity index (χ2v) is 5.26. The maximum absolute atomic E-state index is 10.9. The van der Waals surface area contributed by atoms with Crippen LogP contribution in [0.4, 0.5) is 5.69 Å².